The molecular weight excluding hydrogens is 180 g/mol. The predicted molar refractivity (Wildman–Crippen MR) is 55.1 cm³/mol. The van der Waals surface area contributed by atoms with E-state index in [0.29, 0.717) is 12.5 Å². The van der Waals surface area contributed by atoms with Crippen molar-refractivity contribution in [3.05, 3.63) is 0 Å². The Kier molecular flexibility index (Phi) is 4.35. The smallest absolute Gasteiger partial charge is 0.320 e. The molecule has 1 aliphatic rings. The number of aliphatic carboxylic acids is 1. The van der Waals surface area contributed by atoms with E-state index in [-0.39, 0.29) is 6.04 Å². The molecule has 0 aromatic heterocycles. The minimum absolute atomic E-state index is 0.351. The topological polar surface area (TPSA) is 66.6 Å². The number of carboxylic acids is 1. The molecule has 2 atom stereocenters. The maximum Gasteiger partial charge on any atom is 0.320 e. The first kappa shape index (κ1) is 11.5. The van der Waals surface area contributed by atoms with Crippen molar-refractivity contribution >= 4 is 5.97 Å². The Balaban J connectivity index is 2.43. The molecule has 1 saturated heterocycles. The van der Waals surface area contributed by atoms with E-state index in [2.05, 4.69) is 0 Å². The molecule has 0 saturated carbocycles. The molecule has 0 aromatic rings. The third-order valence-corrected chi connectivity index (χ3v) is 3.03. The SMILES string of the molecule is CC(C(=O)O)N1CCCC(CCN)C1. The van der Waals surface area contributed by atoms with Crippen molar-refractivity contribution in [2.75, 3.05) is 19.6 Å². The normalized spacial score (nSPS) is 26.0. The van der Waals surface area contributed by atoms with Crippen molar-refractivity contribution in [1.82, 2.24) is 4.90 Å². The molecule has 0 aliphatic carbocycles. The van der Waals surface area contributed by atoms with Crippen LogP contribution in [-0.4, -0.2) is 41.7 Å². The number of carbonyl (C=O) groups is 1. The second-order valence-corrected chi connectivity index (χ2v) is 4.09. The summed E-state index contributed by atoms with van der Waals surface area (Å²) in [4.78, 5) is 12.8. The van der Waals surface area contributed by atoms with Gasteiger partial charge in [0.15, 0.2) is 0 Å². The number of nitrogens with two attached hydrogens (primary N) is 1. The van der Waals surface area contributed by atoms with E-state index in [1.165, 1.54) is 6.42 Å². The summed E-state index contributed by atoms with van der Waals surface area (Å²) in [5, 5.41) is 8.88. The number of rotatable bonds is 4. The Labute approximate surface area is 85.1 Å². The van der Waals surface area contributed by atoms with Gasteiger partial charge in [0.2, 0.25) is 0 Å². The van der Waals surface area contributed by atoms with Crippen LogP contribution in [-0.2, 0) is 4.79 Å². The molecule has 0 aromatic carbocycles. The highest BCUT2D eigenvalue weighted by molar-refractivity contribution is 5.72. The van der Waals surface area contributed by atoms with E-state index in [0.717, 1.165) is 25.9 Å². The molecule has 3 N–H and O–H groups in total. The van der Waals surface area contributed by atoms with Gasteiger partial charge in [-0.1, -0.05) is 0 Å². The van der Waals surface area contributed by atoms with Crippen LogP contribution in [0.3, 0.4) is 0 Å². The summed E-state index contributed by atoms with van der Waals surface area (Å²) in [7, 11) is 0. The van der Waals surface area contributed by atoms with Gasteiger partial charge in [0.05, 0.1) is 0 Å². The van der Waals surface area contributed by atoms with Gasteiger partial charge in [-0.15, -0.1) is 0 Å². The zero-order valence-corrected chi connectivity index (χ0v) is 8.78. The van der Waals surface area contributed by atoms with E-state index in [1.807, 2.05) is 4.90 Å². The lowest BCUT2D eigenvalue weighted by Crippen LogP contribution is -2.45. The average molecular weight is 200 g/mol. The maximum atomic E-state index is 10.8. The van der Waals surface area contributed by atoms with Crippen molar-refractivity contribution in [2.45, 2.75) is 32.2 Å². The summed E-state index contributed by atoms with van der Waals surface area (Å²) < 4.78 is 0. The molecule has 0 spiro atoms. The van der Waals surface area contributed by atoms with Crippen LogP contribution in [0.5, 0.6) is 0 Å². The first-order valence-electron chi connectivity index (χ1n) is 5.32. The molecule has 2 unspecified atom stereocenters. The lowest BCUT2D eigenvalue weighted by atomic mass is 9.94. The number of piperidine rings is 1. The molecule has 14 heavy (non-hydrogen) atoms. The Morgan fingerprint density at radius 1 is 1.71 bits per heavy atom. The summed E-state index contributed by atoms with van der Waals surface area (Å²) in [5.74, 6) is -0.131. The fourth-order valence-corrected chi connectivity index (χ4v) is 2.08. The molecule has 1 rings (SSSR count). The third kappa shape index (κ3) is 2.96. The zero-order valence-electron chi connectivity index (χ0n) is 8.78. The monoisotopic (exact) mass is 200 g/mol. The third-order valence-electron chi connectivity index (χ3n) is 3.03. The van der Waals surface area contributed by atoms with Crippen molar-refractivity contribution in [3.8, 4) is 0 Å². The van der Waals surface area contributed by atoms with Gasteiger partial charge in [-0.25, -0.2) is 0 Å². The van der Waals surface area contributed by atoms with Crippen LogP contribution in [0.2, 0.25) is 0 Å². The minimum Gasteiger partial charge on any atom is -0.480 e. The quantitative estimate of drug-likeness (QED) is 0.694. The van der Waals surface area contributed by atoms with E-state index in [9.17, 15) is 4.79 Å². The highest BCUT2D eigenvalue weighted by Gasteiger charge is 2.26. The van der Waals surface area contributed by atoms with Gasteiger partial charge in [0.25, 0.3) is 0 Å². The van der Waals surface area contributed by atoms with Crippen LogP contribution in [0.4, 0.5) is 0 Å². The van der Waals surface area contributed by atoms with Gasteiger partial charge < -0.3 is 10.8 Å². The van der Waals surface area contributed by atoms with Crippen LogP contribution in [0, 0.1) is 5.92 Å². The van der Waals surface area contributed by atoms with Gasteiger partial charge in [-0.05, 0) is 45.2 Å². The molecule has 4 nitrogen and oxygen atoms in total. The highest BCUT2D eigenvalue weighted by Crippen LogP contribution is 2.20. The van der Waals surface area contributed by atoms with Crippen LogP contribution in [0.15, 0.2) is 0 Å². The summed E-state index contributed by atoms with van der Waals surface area (Å²) in [6, 6.07) is -0.351. The fraction of sp³-hybridized carbons (Fsp3) is 0.900. The van der Waals surface area contributed by atoms with Gasteiger partial charge in [0.1, 0.15) is 6.04 Å². The number of nitrogens with zero attached hydrogens (tertiary/aromatic N) is 1. The van der Waals surface area contributed by atoms with E-state index in [1.54, 1.807) is 6.92 Å². The molecule has 0 amide bonds. The highest BCUT2D eigenvalue weighted by atomic mass is 16.4. The Morgan fingerprint density at radius 2 is 2.43 bits per heavy atom. The first-order valence-corrected chi connectivity index (χ1v) is 5.32. The average Bonchev–Trinajstić information content (AvgIpc) is 2.17. The molecule has 1 fully saturated rings. The summed E-state index contributed by atoms with van der Waals surface area (Å²) >= 11 is 0. The lowest BCUT2D eigenvalue weighted by Gasteiger charge is -2.34. The summed E-state index contributed by atoms with van der Waals surface area (Å²) in [6.45, 7) is 4.27. The second-order valence-electron chi connectivity index (χ2n) is 4.09. The van der Waals surface area contributed by atoms with Crippen LogP contribution >= 0.6 is 0 Å². The van der Waals surface area contributed by atoms with Gasteiger partial charge in [0, 0.05) is 6.54 Å². The first-order chi connectivity index (χ1) is 6.65. The van der Waals surface area contributed by atoms with Crippen molar-refractivity contribution in [2.24, 2.45) is 11.7 Å². The Morgan fingerprint density at radius 3 is 3.00 bits per heavy atom. The predicted octanol–water partition coefficient (Wildman–Crippen LogP) is 0.520. The Hall–Kier alpha value is -0.610. The zero-order chi connectivity index (χ0) is 10.6. The number of hydrogen-bond donors (Lipinski definition) is 2. The number of hydrogen-bond acceptors (Lipinski definition) is 3. The minimum atomic E-state index is -0.724. The van der Waals surface area contributed by atoms with Gasteiger partial charge in [-0.2, -0.15) is 0 Å². The molecule has 0 radical (unpaired) electrons. The van der Waals surface area contributed by atoms with E-state index in [4.69, 9.17) is 10.8 Å². The summed E-state index contributed by atoms with van der Waals surface area (Å²) in [6.07, 6.45) is 3.31. The molecule has 82 valence electrons. The standard InChI is InChI=1S/C10H20N2O2/c1-8(10(13)14)12-6-2-3-9(7-12)4-5-11/h8-9H,2-7,11H2,1H3,(H,13,14). The summed E-state index contributed by atoms with van der Waals surface area (Å²) in [5.41, 5.74) is 5.51. The molecular formula is C10H20N2O2. The van der Waals surface area contributed by atoms with Crippen LogP contribution in [0.1, 0.15) is 26.2 Å². The molecule has 4 heteroatoms. The van der Waals surface area contributed by atoms with Gasteiger partial charge >= 0.3 is 5.97 Å². The van der Waals surface area contributed by atoms with Crippen LogP contribution < -0.4 is 5.73 Å². The number of likely N-dealkylation sites (tertiary alicyclic amines) is 1. The van der Waals surface area contributed by atoms with Crippen molar-refractivity contribution in [3.63, 3.8) is 0 Å². The lowest BCUT2D eigenvalue weighted by molar-refractivity contribution is -0.143. The maximum absolute atomic E-state index is 10.8. The van der Waals surface area contributed by atoms with Crippen molar-refractivity contribution in [1.29, 1.82) is 0 Å². The largest absolute Gasteiger partial charge is 0.480 e. The number of carboxylic acid groups (broad SMARTS) is 1. The molecule has 1 aliphatic heterocycles. The Bertz CT molecular complexity index is 195. The molecule has 0 bridgehead atoms. The van der Waals surface area contributed by atoms with Gasteiger partial charge in [-0.3, -0.25) is 9.69 Å². The fourth-order valence-electron chi connectivity index (χ4n) is 2.08. The second kappa shape index (κ2) is 5.32. The molecule has 1 heterocycles. The van der Waals surface area contributed by atoms with Crippen molar-refractivity contribution < 1.29 is 9.90 Å². The van der Waals surface area contributed by atoms with E-state index < -0.39 is 5.97 Å². The van der Waals surface area contributed by atoms with E-state index >= 15 is 0 Å². The van der Waals surface area contributed by atoms with Crippen LogP contribution in [0.25, 0.3) is 0 Å².